The molecule has 116 valence electrons. The van der Waals surface area contributed by atoms with Crippen LogP contribution in [0.25, 0.3) is 11.1 Å². The van der Waals surface area contributed by atoms with Gasteiger partial charge in [-0.2, -0.15) is 5.10 Å². The summed E-state index contributed by atoms with van der Waals surface area (Å²) < 4.78 is 7.17. The minimum absolute atomic E-state index is 0.122. The van der Waals surface area contributed by atoms with E-state index in [-0.39, 0.29) is 17.5 Å². The first kappa shape index (κ1) is 13.6. The van der Waals surface area contributed by atoms with Gasteiger partial charge in [-0.3, -0.25) is 9.48 Å². The molecule has 0 bridgehead atoms. The highest BCUT2D eigenvalue weighted by Gasteiger charge is 2.47. The maximum absolute atomic E-state index is 12.6. The van der Waals surface area contributed by atoms with Crippen molar-refractivity contribution in [2.45, 2.75) is 37.3 Å². The van der Waals surface area contributed by atoms with Crippen LogP contribution in [0, 0.1) is 0 Å². The molecule has 1 unspecified atom stereocenters. The number of rotatable bonds is 3. The van der Waals surface area contributed by atoms with E-state index >= 15 is 0 Å². The monoisotopic (exact) mass is 300 g/mol. The van der Waals surface area contributed by atoms with Crippen LogP contribution in [0.1, 0.15) is 36.2 Å². The number of nitrogens with zero attached hydrogens (tertiary/aromatic N) is 2. The molecule has 6 heteroatoms. The van der Waals surface area contributed by atoms with Crippen molar-refractivity contribution in [1.82, 2.24) is 20.4 Å². The number of aryl methyl sites for hydroxylation is 1. The van der Waals surface area contributed by atoms with Crippen molar-refractivity contribution >= 4 is 5.91 Å². The van der Waals surface area contributed by atoms with E-state index in [1.165, 1.54) is 6.42 Å². The molecule has 22 heavy (non-hydrogen) atoms. The summed E-state index contributed by atoms with van der Waals surface area (Å²) in [6.45, 7) is 0.971. The van der Waals surface area contributed by atoms with Gasteiger partial charge in [-0.25, -0.2) is 0 Å². The number of nitrogens with one attached hydrogen (secondary N) is 2. The summed E-state index contributed by atoms with van der Waals surface area (Å²) in [6, 6.07) is 2.01. The van der Waals surface area contributed by atoms with E-state index in [1.807, 2.05) is 19.3 Å². The van der Waals surface area contributed by atoms with Gasteiger partial charge in [-0.05, 0) is 38.3 Å². The minimum atomic E-state index is -0.135. The molecule has 6 nitrogen and oxygen atoms in total. The van der Waals surface area contributed by atoms with E-state index < -0.39 is 0 Å². The number of amides is 1. The normalized spacial score (nSPS) is 22.7. The Bertz CT molecular complexity index is 699. The lowest BCUT2D eigenvalue weighted by molar-refractivity contribution is 0.0855. The average molecular weight is 300 g/mol. The Morgan fingerprint density at radius 3 is 3.09 bits per heavy atom. The first-order chi connectivity index (χ1) is 10.7. The Kier molecular flexibility index (Phi) is 3.07. The lowest BCUT2D eigenvalue weighted by Crippen LogP contribution is -2.59. The van der Waals surface area contributed by atoms with Gasteiger partial charge in [0.25, 0.3) is 5.91 Å². The van der Waals surface area contributed by atoms with Crippen molar-refractivity contribution in [1.29, 1.82) is 0 Å². The predicted octanol–water partition coefficient (Wildman–Crippen LogP) is 1.69. The van der Waals surface area contributed by atoms with Crippen LogP contribution in [0.15, 0.2) is 29.1 Å². The molecule has 3 heterocycles. The Morgan fingerprint density at radius 2 is 2.41 bits per heavy atom. The zero-order valence-electron chi connectivity index (χ0n) is 12.6. The largest absolute Gasteiger partial charge is 0.459 e. The number of carbonyl (C=O) groups is 1. The molecule has 1 saturated carbocycles. The second kappa shape index (κ2) is 4.98. The van der Waals surface area contributed by atoms with Crippen molar-refractivity contribution in [2.75, 3.05) is 6.54 Å². The molecule has 1 spiro atoms. The lowest BCUT2D eigenvalue weighted by Gasteiger charge is -2.43. The fourth-order valence-electron chi connectivity index (χ4n) is 3.65. The molecule has 1 atom stereocenters. The molecule has 2 aromatic heterocycles. The van der Waals surface area contributed by atoms with E-state index in [0.717, 1.165) is 36.9 Å². The number of hydrogen-bond donors (Lipinski definition) is 2. The lowest BCUT2D eigenvalue weighted by atomic mass is 9.73. The Morgan fingerprint density at radius 1 is 1.55 bits per heavy atom. The van der Waals surface area contributed by atoms with Gasteiger partial charge in [0, 0.05) is 36.0 Å². The number of carbonyl (C=O) groups excluding carboxylic acids is 1. The fourth-order valence-corrected chi connectivity index (χ4v) is 3.65. The van der Waals surface area contributed by atoms with E-state index in [0.29, 0.717) is 5.76 Å². The van der Waals surface area contributed by atoms with Crippen molar-refractivity contribution in [2.24, 2.45) is 7.05 Å². The van der Waals surface area contributed by atoms with Crippen molar-refractivity contribution < 1.29 is 9.21 Å². The summed E-state index contributed by atoms with van der Waals surface area (Å²) in [5.41, 5.74) is 1.81. The highest BCUT2D eigenvalue weighted by molar-refractivity contribution is 5.98. The smallest absolute Gasteiger partial charge is 0.287 e. The molecule has 1 amide bonds. The first-order valence-corrected chi connectivity index (χ1v) is 7.80. The number of furan rings is 1. The zero-order valence-corrected chi connectivity index (χ0v) is 12.6. The second-order valence-corrected chi connectivity index (χ2v) is 6.32. The van der Waals surface area contributed by atoms with Crippen LogP contribution < -0.4 is 10.6 Å². The summed E-state index contributed by atoms with van der Waals surface area (Å²) in [7, 11) is 1.86. The third-order valence-corrected chi connectivity index (χ3v) is 5.02. The van der Waals surface area contributed by atoms with Crippen LogP contribution in [-0.2, 0) is 7.05 Å². The summed E-state index contributed by atoms with van der Waals surface area (Å²) in [5.74, 6) is 0.234. The molecular formula is C16H20N4O2. The summed E-state index contributed by atoms with van der Waals surface area (Å²) >= 11 is 0. The Balaban J connectivity index is 1.55. The highest BCUT2D eigenvalue weighted by Crippen LogP contribution is 2.39. The van der Waals surface area contributed by atoms with Crippen molar-refractivity contribution in [3.8, 4) is 11.1 Å². The van der Waals surface area contributed by atoms with Gasteiger partial charge in [0.1, 0.15) is 0 Å². The molecule has 1 aliphatic carbocycles. The summed E-state index contributed by atoms with van der Waals surface area (Å²) in [5, 5.41) is 10.9. The van der Waals surface area contributed by atoms with Gasteiger partial charge in [0.2, 0.25) is 0 Å². The third-order valence-electron chi connectivity index (χ3n) is 5.02. The fraction of sp³-hybridized carbons (Fsp3) is 0.500. The molecule has 2 N–H and O–H groups in total. The molecule has 2 aliphatic rings. The number of aromatic nitrogens is 2. The predicted molar refractivity (Wildman–Crippen MR) is 81.4 cm³/mol. The van der Waals surface area contributed by atoms with Gasteiger partial charge in [-0.1, -0.05) is 0 Å². The number of hydrogen-bond acceptors (Lipinski definition) is 4. The molecule has 2 fully saturated rings. The molecule has 4 rings (SSSR count). The van der Waals surface area contributed by atoms with Crippen LogP contribution in [0.5, 0.6) is 0 Å². The van der Waals surface area contributed by atoms with Crippen LogP contribution in [0.3, 0.4) is 0 Å². The van der Waals surface area contributed by atoms with Crippen LogP contribution in [0.2, 0.25) is 0 Å². The van der Waals surface area contributed by atoms with Gasteiger partial charge in [0.05, 0.1) is 12.5 Å². The summed E-state index contributed by atoms with van der Waals surface area (Å²) in [4.78, 5) is 12.6. The topological polar surface area (TPSA) is 72.1 Å². The highest BCUT2D eigenvalue weighted by atomic mass is 16.3. The molecule has 1 aliphatic heterocycles. The van der Waals surface area contributed by atoms with Crippen LogP contribution >= 0.6 is 0 Å². The van der Waals surface area contributed by atoms with Crippen molar-refractivity contribution in [3.05, 3.63) is 30.5 Å². The van der Waals surface area contributed by atoms with Gasteiger partial charge in [-0.15, -0.1) is 0 Å². The van der Waals surface area contributed by atoms with E-state index in [4.69, 9.17) is 4.42 Å². The SMILES string of the molecule is Cn1cc(-c2ccoc2C(=O)NC2CCNC23CCC3)cn1. The maximum Gasteiger partial charge on any atom is 0.287 e. The van der Waals surface area contributed by atoms with E-state index in [2.05, 4.69) is 15.7 Å². The molecule has 0 radical (unpaired) electrons. The Hall–Kier alpha value is -2.08. The quantitative estimate of drug-likeness (QED) is 0.905. The summed E-state index contributed by atoms with van der Waals surface area (Å²) in [6.07, 6.45) is 9.69. The van der Waals surface area contributed by atoms with E-state index in [9.17, 15) is 4.79 Å². The molecule has 0 aromatic carbocycles. The second-order valence-electron chi connectivity index (χ2n) is 6.32. The average Bonchev–Trinajstić information content (AvgIpc) is 3.14. The van der Waals surface area contributed by atoms with Gasteiger partial charge >= 0.3 is 0 Å². The van der Waals surface area contributed by atoms with Crippen LogP contribution in [0.4, 0.5) is 0 Å². The molecule has 2 aromatic rings. The Labute approximate surface area is 128 Å². The molecule has 1 saturated heterocycles. The zero-order chi connectivity index (χ0) is 15.2. The maximum atomic E-state index is 12.6. The van der Waals surface area contributed by atoms with Gasteiger partial charge in [0.15, 0.2) is 5.76 Å². The van der Waals surface area contributed by atoms with Crippen molar-refractivity contribution in [3.63, 3.8) is 0 Å². The third kappa shape index (κ3) is 2.06. The standard InChI is InChI=1S/C16H20N4O2/c1-20-10-11(9-18-20)12-4-8-22-14(12)15(21)19-13-3-7-17-16(13)5-2-6-16/h4,8-10,13,17H,2-3,5-7H2,1H3,(H,19,21). The molecular weight excluding hydrogens is 280 g/mol. The van der Waals surface area contributed by atoms with E-state index in [1.54, 1.807) is 17.1 Å². The first-order valence-electron chi connectivity index (χ1n) is 7.80. The van der Waals surface area contributed by atoms with Gasteiger partial charge < -0.3 is 15.1 Å². The van der Waals surface area contributed by atoms with Crippen LogP contribution in [-0.4, -0.2) is 33.8 Å². The minimum Gasteiger partial charge on any atom is -0.459 e.